The highest BCUT2D eigenvalue weighted by Crippen LogP contribution is 2.55. The largest absolute Gasteiger partial charge is 0.324 e. The van der Waals surface area contributed by atoms with Crippen molar-refractivity contribution in [3.63, 3.8) is 0 Å². The van der Waals surface area contributed by atoms with Gasteiger partial charge in [-0.3, -0.25) is 24.5 Å². The number of benzene rings is 5. The number of aromatic nitrogens is 10. The van der Waals surface area contributed by atoms with Crippen molar-refractivity contribution in [3.8, 4) is 0 Å². The highest BCUT2D eigenvalue weighted by atomic mass is 15.3. The third-order valence-corrected chi connectivity index (χ3v) is 43.7. The Morgan fingerprint density at radius 1 is 0.195 bits per heavy atom. The molecule has 804 valence electrons. The number of hydrogen-bond donors (Lipinski definition) is 5. The number of para-hydroxylation sites is 10. The Bertz CT molecular complexity index is 5680. The highest BCUT2D eigenvalue weighted by Gasteiger charge is 2.53. The molecule has 0 spiro atoms. The predicted octanol–water partition coefficient (Wildman–Crippen LogP) is 26.3. The Kier molecular flexibility index (Phi) is 31.6. The standard InChI is InChI=1S/C27H40N4.2C26H38N4.2C25H36N4/c1-2-4-10-21(11-5-3-1)30-22-14-15-23(30)18-24(17-22)31-26-13-7-6-12-25(26)29-27(31)20-9-8-16-28-19-20;1-18(19-7-3-2-4-8-19)29-21-11-12-22(29)16-23(15-21)30-25-10-6-5-9-24(25)28-26(30)20-13-14-27-17-20;1-2-4-8-20(9-5-3-1)29-21-12-13-22(29)17-23(16-21)30-25-11-7-6-10-24(25)28-26(30)19-14-15-27-18-19;1-17(18-7-3-2-4-8-18)28-20-11-12-21(28)14-22(13-20)29-24-10-6-5-9-23(24)27-25(29)19-15-26-16-19;1-2-4-8-19(9-5-3-1)28-20-12-13-21(28)15-22(14-20)29-24-11-7-6-10-23(24)27-25(29)18-16-26-17-18/h6-7,12-13,20-24,28H,1-5,8-11,14-19H2;5-6,9-10,18-23,27H,2-4,7-8,11-17H2,1H3;6-7,10-11,19-23,27H,1-5,8-9,12-18H2;5-6,9-10,17-22,26H,2-4,7-8,11-16H2,1H3;6-7,10-11,18-22,26H,1-5,8-9,12-17H2/t20-,22?,23?,24?;18-,20+,21?,22?,23?;19-,21?,22?,23?;17-,20?,21?,22?;/m1111./s1. The van der Waals surface area contributed by atoms with Crippen molar-refractivity contribution in [2.75, 3.05) is 65.4 Å². The first-order valence-electron chi connectivity index (χ1n) is 63.5. The molecule has 5 saturated carbocycles. The van der Waals surface area contributed by atoms with Crippen LogP contribution in [-0.2, 0) is 0 Å². The molecule has 5 N–H and O–H groups in total. The molecule has 30 rings (SSSR count). The van der Waals surface area contributed by atoms with Gasteiger partial charge in [0.25, 0.3) is 0 Å². The van der Waals surface area contributed by atoms with Gasteiger partial charge in [0.2, 0.25) is 0 Å². The summed E-state index contributed by atoms with van der Waals surface area (Å²) in [6.45, 7) is 16.2. The Labute approximate surface area is 893 Å². The van der Waals surface area contributed by atoms with Crippen LogP contribution in [0.5, 0.6) is 0 Å². The molecule has 20 aliphatic rings. The van der Waals surface area contributed by atoms with Gasteiger partial charge in [-0.2, -0.15) is 0 Å². The van der Waals surface area contributed by atoms with E-state index in [-0.39, 0.29) is 0 Å². The SMILES string of the molecule is C[C@H](C1CCCCC1)N1C2CCC1CC(n1c(C3CNC3)nc3ccccc31)C2.C[C@H](C1CCCCC1)N1C2CCC1CC(n1c([C@H]3CCNC3)nc3ccccc31)C2.c1ccc2c(c1)nc(C1CNC1)n2C1CC2CCC(C1)N2C1CCCCCCC1.c1ccc2c(c1)nc([C@@H]1CCCNC1)n2C1CC2CCC(C1)N2C1CCCCCCC1.c1ccc2c(c1)nc([C@@H]1CCNC1)n2C1CC2CCC(C1)N2C1CCCCCCC1. The summed E-state index contributed by atoms with van der Waals surface area (Å²) in [5.41, 5.74) is 12.9. The van der Waals surface area contributed by atoms with E-state index in [1.807, 2.05) is 0 Å². The maximum absolute atomic E-state index is 5.22. The lowest BCUT2D eigenvalue weighted by molar-refractivity contribution is 0.0332. The smallest absolute Gasteiger partial charge is 0.115 e. The van der Waals surface area contributed by atoms with Gasteiger partial charge in [-0.15, -0.1) is 0 Å². The van der Waals surface area contributed by atoms with E-state index in [1.54, 1.807) is 0 Å². The fraction of sp³-hybridized carbons (Fsp3) is 0.729. The molecule has 5 aliphatic carbocycles. The first-order chi connectivity index (χ1) is 73.7. The second kappa shape index (κ2) is 46.4. The van der Waals surface area contributed by atoms with Gasteiger partial charge in [-0.05, 0) is 324 Å². The Morgan fingerprint density at radius 3 is 0.658 bits per heavy atom. The molecule has 10 bridgehead atoms. The van der Waals surface area contributed by atoms with Crippen molar-refractivity contribution in [2.45, 2.75) is 517 Å². The number of fused-ring (bicyclic) bond motifs is 15. The van der Waals surface area contributed by atoms with Gasteiger partial charge in [0.15, 0.2) is 0 Å². The van der Waals surface area contributed by atoms with Gasteiger partial charge < -0.3 is 49.4 Å². The van der Waals surface area contributed by atoms with E-state index in [9.17, 15) is 0 Å². The monoisotopic (exact) mass is 2020 g/mol. The van der Waals surface area contributed by atoms with Crippen molar-refractivity contribution >= 4 is 55.2 Å². The van der Waals surface area contributed by atoms with E-state index in [2.05, 4.69) is 209 Å². The zero-order valence-corrected chi connectivity index (χ0v) is 91.8. The van der Waals surface area contributed by atoms with Crippen LogP contribution in [0.1, 0.15) is 456 Å². The van der Waals surface area contributed by atoms with Crippen LogP contribution in [0.3, 0.4) is 0 Å². The molecule has 5 aromatic carbocycles. The van der Waals surface area contributed by atoms with Crippen molar-refractivity contribution in [2.24, 2.45) is 11.8 Å². The van der Waals surface area contributed by atoms with Crippen LogP contribution < -0.4 is 26.6 Å². The summed E-state index contributed by atoms with van der Waals surface area (Å²) in [6.07, 6.45) is 77.7. The molecular weight excluding hydrogens is 1830 g/mol. The number of nitrogens with zero attached hydrogens (tertiary/aromatic N) is 15. The molecule has 149 heavy (non-hydrogen) atoms. The maximum Gasteiger partial charge on any atom is 0.115 e. The number of piperidine rings is 6. The van der Waals surface area contributed by atoms with Gasteiger partial charge in [-0.1, -0.05) is 196 Å². The van der Waals surface area contributed by atoms with Crippen molar-refractivity contribution in [1.29, 1.82) is 0 Å². The summed E-state index contributed by atoms with van der Waals surface area (Å²) in [5.74, 6) is 11.6. The fourth-order valence-electron chi connectivity index (χ4n) is 36.5. The molecule has 15 saturated heterocycles. The molecular formula is C129H188N20. The van der Waals surface area contributed by atoms with Crippen molar-refractivity contribution < 1.29 is 0 Å². The van der Waals surface area contributed by atoms with Crippen LogP contribution in [0.2, 0.25) is 0 Å². The minimum absolute atomic E-state index is 0.572. The molecule has 0 radical (unpaired) electrons. The molecule has 10 unspecified atom stereocenters. The summed E-state index contributed by atoms with van der Waals surface area (Å²) >= 11 is 0. The quantitative estimate of drug-likeness (QED) is 0.0584. The second-order valence-corrected chi connectivity index (χ2v) is 52.3. The molecule has 20 nitrogen and oxygen atoms in total. The fourth-order valence-corrected chi connectivity index (χ4v) is 36.5. The van der Waals surface area contributed by atoms with Gasteiger partial charge in [0.05, 0.1) is 55.2 Å². The van der Waals surface area contributed by atoms with E-state index in [4.69, 9.17) is 24.9 Å². The average molecular weight is 2020 g/mol. The third kappa shape index (κ3) is 20.9. The lowest BCUT2D eigenvalue weighted by atomic mass is 9.82. The summed E-state index contributed by atoms with van der Waals surface area (Å²) in [7, 11) is 0. The number of rotatable bonds is 17. The Morgan fingerprint density at radius 2 is 0.409 bits per heavy atom. The zero-order chi connectivity index (χ0) is 99.2. The zero-order valence-electron chi connectivity index (χ0n) is 91.8. The van der Waals surface area contributed by atoms with E-state index >= 15 is 0 Å². The normalized spacial score (nSPS) is 33.2. The van der Waals surface area contributed by atoms with Crippen LogP contribution in [0.25, 0.3) is 55.2 Å². The minimum atomic E-state index is 0.572. The topological polar surface area (TPSA) is 165 Å². The van der Waals surface area contributed by atoms with Gasteiger partial charge in [0.1, 0.15) is 29.1 Å². The molecule has 0 amide bonds. The molecule has 20 heterocycles. The summed E-state index contributed by atoms with van der Waals surface area (Å²) in [5, 5.41) is 17.7. The van der Waals surface area contributed by atoms with Crippen LogP contribution >= 0.6 is 0 Å². The second-order valence-electron chi connectivity index (χ2n) is 52.3. The van der Waals surface area contributed by atoms with Crippen molar-refractivity contribution in [1.82, 2.24) is 98.8 Å². The van der Waals surface area contributed by atoms with Crippen LogP contribution in [0.4, 0.5) is 0 Å². The first-order valence-corrected chi connectivity index (χ1v) is 63.5. The third-order valence-electron chi connectivity index (χ3n) is 43.7. The Balaban J connectivity index is 0.0000000941. The molecule has 15 aliphatic heterocycles. The first kappa shape index (κ1) is 101. The number of nitrogens with one attached hydrogen (secondary N) is 5. The minimum Gasteiger partial charge on any atom is -0.324 e. The lowest BCUT2D eigenvalue weighted by Crippen LogP contribution is -2.51. The van der Waals surface area contributed by atoms with E-state index in [1.165, 1.54) is 444 Å². The van der Waals surface area contributed by atoms with Crippen LogP contribution in [0, 0.1) is 11.8 Å². The maximum atomic E-state index is 5.22. The Hall–Kier alpha value is -6.95. The predicted molar refractivity (Wildman–Crippen MR) is 610 cm³/mol. The highest BCUT2D eigenvalue weighted by molar-refractivity contribution is 5.80. The van der Waals surface area contributed by atoms with Gasteiger partial charge in [0, 0.05) is 196 Å². The van der Waals surface area contributed by atoms with Gasteiger partial charge in [-0.25, -0.2) is 24.9 Å². The molecule has 20 heteroatoms. The number of imidazole rings is 5. The van der Waals surface area contributed by atoms with Gasteiger partial charge >= 0.3 is 0 Å². The molecule has 5 aromatic heterocycles. The van der Waals surface area contributed by atoms with Crippen LogP contribution in [-0.4, -0.2) is 228 Å². The average Bonchev–Trinajstić information content (AvgIpc) is 1.61. The van der Waals surface area contributed by atoms with E-state index in [0.717, 1.165) is 161 Å². The summed E-state index contributed by atoms with van der Waals surface area (Å²) < 4.78 is 13.5. The molecule has 10 aromatic rings. The molecule has 20 fully saturated rings. The number of hydrogen-bond acceptors (Lipinski definition) is 15. The molecule has 15 atom stereocenters. The van der Waals surface area contributed by atoms with E-state index in [0.29, 0.717) is 59.8 Å². The van der Waals surface area contributed by atoms with E-state index < -0.39 is 0 Å². The lowest BCUT2D eigenvalue weighted by Gasteiger charge is -2.46. The summed E-state index contributed by atoms with van der Waals surface area (Å²) in [6, 6.07) is 59.6. The van der Waals surface area contributed by atoms with Crippen LogP contribution in [0.15, 0.2) is 121 Å². The van der Waals surface area contributed by atoms with Crippen molar-refractivity contribution in [3.05, 3.63) is 150 Å². The summed E-state index contributed by atoms with van der Waals surface area (Å²) in [4.78, 5) is 40.9.